The van der Waals surface area contributed by atoms with Gasteiger partial charge in [-0.2, -0.15) is 13.2 Å². The van der Waals surface area contributed by atoms with E-state index >= 15 is 0 Å². The number of pyridine rings is 1. The third-order valence-electron chi connectivity index (χ3n) is 5.62. The Balaban J connectivity index is 1.63. The molecule has 1 aliphatic heterocycles. The zero-order valence-corrected chi connectivity index (χ0v) is 19.4. The molecule has 0 saturated heterocycles. The number of alkyl halides is 6. The predicted molar refractivity (Wildman–Crippen MR) is 121 cm³/mol. The number of rotatable bonds is 5. The summed E-state index contributed by atoms with van der Waals surface area (Å²) in [6.07, 6.45) is -7.28. The van der Waals surface area contributed by atoms with Crippen molar-refractivity contribution in [3.8, 4) is 5.75 Å². The van der Waals surface area contributed by atoms with Crippen molar-refractivity contribution in [2.45, 2.75) is 45.1 Å². The highest BCUT2D eigenvalue weighted by molar-refractivity contribution is 5.62. The van der Waals surface area contributed by atoms with Crippen molar-refractivity contribution in [1.29, 1.82) is 0 Å². The molecule has 12 heteroatoms. The molecule has 36 heavy (non-hydrogen) atoms. The fraction of sp³-hybridized carbons (Fsp3) is 0.375. The van der Waals surface area contributed by atoms with Crippen molar-refractivity contribution in [2.75, 3.05) is 23.3 Å². The fourth-order valence-electron chi connectivity index (χ4n) is 3.94. The maximum atomic E-state index is 13.6. The number of nitrogens with zero attached hydrogens (tertiary/aromatic N) is 4. The number of ether oxygens (including phenoxy) is 1. The second-order valence-corrected chi connectivity index (χ2v) is 8.57. The normalized spacial score (nSPS) is 14.4. The molecule has 2 aromatic heterocycles. The second kappa shape index (κ2) is 9.82. The lowest BCUT2D eigenvalue weighted by Crippen LogP contribution is -2.29. The van der Waals surface area contributed by atoms with E-state index in [4.69, 9.17) is 0 Å². The highest BCUT2D eigenvalue weighted by atomic mass is 19.4. The maximum Gasteiger partial charge on any atom is 0.573 e. The molecule has 3 aromatic rings. The molecule has 0 unspecified atom stereocenters. The van der Waals surface area contributed by atoms with Crippen LogP contribution in [0.4, 0.5) is 43.7 Å². The highest BCUT2D eigenvalue weighted by Crippen LogP contribution is 2.36. The Morgan fingerprint density at radius 2 is 1.64 bits per heavy atom. The van der Waals surface area contributed by atoms with Crippen molar-refractivity contribution >= 4 is 17.3 Å². The second-order valence-electron chi connectivity index (χ2n) is 8.57. The van der Waals surface area contributed by atoms with Gasteiger partial charge in [0.1, 0.15) is 23.2 Å². The van der Waals surface area contributed by atoms with Crippen LogP contribution in [-0.4, -0.2) is 34.4 Å². The zero-order valence-electron chi connectivity index (χ0n) is 19.4. The number of nitrogens with one attached hydrogen (secondary N) is 1. The van der Waals surface area contributed by atoms with Gasteiger partial charge in [0.25, 0.3) is 0 Å². The Morgan fingerprint density at radius 3 is 2.28 bits per heavy atom. The van der Waals surface area contributed by atoms with Crippen molar-refractivity contribution in [3.63, 3.8) is 0 Å². The predicted octanol–water partition coefficient (Wildman–Crippen LogP) is 6.26. The Labute approximate surface area is 203 Å². The summed E-state index contributed by atoms with van der Waals surface area (Å²) in [6, 6.07) is 7.48. The van der Waals surface area contributed by atoms with Crippen LogP contribution in [0.25, 0.3) is 0 Å². The lowest BCUT2D eigenvalue weighted by molar-refractivity contribution is -0.274. The van der Waals surface area contributed by atoms with Crippen LogP contribution in [-0.2, 0) is 19.0 Å². The molecule has 0 atom stereocenters. The van der Waals surface area contributed by atoms with Gasteiger partial charge in [-0.25, -0.2) is 15.0 Å². The van der Waals surface area contributed by atoms with Gasteiger partial charge < -0.3 is 15.0 Å². The van der Waals surface area contributed by atoms with Crippen molar-refractivity contribution in [1.82, 2.24) is 15.0 Å². The van der Waals surface area contributed by atoms with E-state index in [-0.39, 0.29) is 30.6 Å². The van der Waals surface area contributed by atoms with Gasteiger partial charge in [-0.1, -0.05) is 13.8 Å². The highest BCUT2D eigenvalue weighted by Gasteiger charge is 2.36. The number of aromatic nitrogens is 3. The Kier molecular flexibility index (Phi) is 6.96. The fourth-order valence-corrected chi connectivity index (χ4v) is 3.94. The van der Waals surface area contributed by atoms with Gasteiger partial charge in [-0.15, -0.1) is 13.2 Å². The molecular weight excluding hydrogens is 488 g/mol. The summed E-state index contributed by atoms with van der Waals surface area (Å²) in [7, 11) is 0. The SMILES string of the molecule is CC(C)c1nc2c(c(Nc3ccc(OC(F)(F)F)cc3)n1)CCN(c1ncccc1C(F)(F)F)CC2. The molecule has 0 aliphatic carbocycles. The van der Waals surface area contributed by atoms with Crippen LogP contribution < -0.4 is 15.0 Å². The monoisotopic (exact) mass is 511 g/mol. The number of hydrogen-bond donors (Lipinski definition) is 1. The zero-order chi connectivity index (χ0) is 26.1. The summed E-state index contributed by atoms with van der Waals surface area (Å²) < 4.78 is 82.0. The van der Waals surface area contributed by atoms with Crippen LogP contribution >= 0.6 is 0 Å². The quantitative estimate of drug-likeness (QED) is 0.408. The molecule has 1 N–H and O–H groups in total. The van der Waals surface area contributed by atoms with Gasteiger partial charge in [-0.3, -0.25) is 0 Å². The first-order valence-electron chi connectivity index (χ1n) is 11.2. The van der Waals surface area contributed by atoms with E-state index in [1.807, 2.05) is 13.8 Å². The molecule has 3 heterocycles. The van der Waals surface area contributed by atoms with E-state index in [0.717, 1.165) is 11.6 Å². The minimum Gasteiger partial charge on any atom is -0.406 e. The molecule has 6 nitrogen and oxygen atoms in total. The van der Waals surface area contributed by atoms with Crippen LogP contribution in [0.1, 0.15) is 42.4 Å². The lowest BCUT2D eigenvalue weighted by atomic mass is 10.1. The lowest BCUT2D eigenvalue weighted by Gasteiger charge is -2.24. The number of hydrogen-bond acceptors (Lipinski definition) is 6. The summed E-state index contributed by atoms with van der Waals surface area (Å²) in [6.45, 7) is 4.37. The molecule has 0 saturated carbocycles. The van der Waals surface area contributed by atoms with Gasteiger partial charge in [0.2, 0.25) is 0 Å². The topological polar surface area (TPSA) is 63.2 Å². The van der Waals surface area contributed by atoms with Crippen molar-refractivity contribution < 1.29 is 31.1 Å². The largest absolute Gasteiger partial charge is 0.573 e. The number of halogens is 6. The summed E-state index contributed by atoms with van der Waals surface area (Å²) in [5.74, 6) is 0.501. The molecule has 0 amide bonds. The molecule has 4 rings (SSSR count). The summed E-state index contributed by atoms with van der Waals surface area (Å²) in [5.41, 5.74) is 1.12. The van der Waals surface area contributed by atoms with Crippen LogP contribution in [0.15, 0.2) is 42.6 Å². The first kappa shape index (κ1) is 25.5. The molecule has 0 spiro atoms. The summed E-state index contributed by atoms with van der Waals surface area (Å²) in [5, 5.41) is 3.13. The Bertz CT molecular complexity index is 1210. The molecule has 0 bridgehead atoms. The summed E-state index contributed by atoms with van der Waals surface area (Å²) in [4.78, 5) is 14.9. The minimum absolute atomic E-state index is 0.0228. The molecule has 0 radical (unpaired) electrons. The number of benzene rings is 1. The van der Waals surface area contributed by atoms with Gasteiger partial charge >= 0.3 is 12.5 Å². The average molecular weight is 511 g/mol. The number of anilines is 3. The van der Waals surface area contributed by atoms with E-state index in [1.165, 1.54) is 36.5 Å². The van der Waals surface area contributed by atoms with E-state index in [9.17, 15) is 26.3 Å². The Hall–Kier alpha value is -3.57. The van der Waals surface area contributed by atoms with Crippen LogP contribution in [0.5, 0.6) is 5.75 Å². The number of fused-ring (bicyclic) bond motifs is 1. The van der Waals surface area contributed by atoms with E-state index < -0.39 is 18.1 Å². The maximum absolute atomic E-state index is 13.6. The van der Waals surface area contributed by atoms with Crippen LogP contribution in [0.2, 0.25) is 0 Å². The first-order valence-corrected chi connectivity index (χ1v) is 11.2. The average Bonchev–Trinajstić information content (AvgIpc) is 3.01. The van der Waals surface area contributed by atoms with E-state index in [2.05, 4.69) is 25.0 Å². The summed E-state index contributed by atoms with van der Waals surface area (Å²) >= 11 is 0. The van der Waals surface area contributed by atoms with Gasteiger partial charge in [0.05, 0.1) is 11.3 Å². The van der Waals surface area contributed by atoms with Gasteiger partial charge in [0, 0.05) is 42.9 Å². The molecule has 1 aromatic carbocycles. The minimum atomic E-state index is -4.80. The third-order valence-corrected chi connectivity index (χ3v) is 5.62. The molecule has 1 aliphatic rings. The first-order chi connectivity index (χ1) is 16.9. The van der Waals surface area contributed by atoms with Crippen LogP contribution in [0.3, 0.4) is 0 Å². The standard InChI is InChI=1S/C24H23F6N5O/c1-14(2)20-33-19-10-13-35(22-18(23(25,26)27)4-3-11-31-22)12-9-17(19)21(34-20)32-15-5-7-16(8-6-15)36-24(28,29)30/h3-8,11,14H,9-10,12-13H2,1-2H3,(H,32,33,34). The van der Waals surface area contributed by atoms with E-state index in [1.54, 1.807) is 4.90 Å². The van der Waals surface area contributed by atoms with Crippen LogP contribution in [0, 0.1) is 0 Å². The molecule has 192 valence electrons. The Morgan fingerprint density at radius 1 is 0.944 bits per heavy atom. The van der Waals surface area contributed by atoms with Crippen molar-refractivity contribution in [2.24, 2.45) is 0 Å². The molecular formula is C24H23F6N5O. The molecule has 0 fully saturated rings. The van der Waals surface area contributed by atoms with E-state index in [0.29, 0.717) is 35.9 Å². The van der Waals surface area contributed by atoms with Gasteiger partial charge in [0.15, 0.2) is 0 Å². The van der Waals surface area contributed by atoms with Crippen molar-refractivity contribution in [3.05, 3.63) is 65.2 Å². The third kappa shape index (κ3) is 5.97. The van der Waals surface area contributed by atoms with Gasteiger partial charge in [-0.05, 0) is 42.8 Å². The smallest absolute Gasteiger partial charge is 0.406 e.